The van der Waals surface area contributed by atoms with Crippen LogP contribution in [0.4, 0.5) is 5.69 Å². The predicted molar refractivity (Wildman–Crippen MR) is 136 cm³/mol. The number of carbonyl (C=O) groups is 1. The fourth-order valence-corrected chi connectivity index (χ4v) is 4.95. The number of esters is 1. The zero-order valence-corrected chi connectivity index (χ0v) is 21.3. The number of methoxy groups -OCH3 is 1. The highest BCUT2D eigenvalue weighted by atomic mass is 79.9. The number of nitrogens with zero attached hydrogens (tertiary/aromatic N) is 3. The summed E-state index contributed by atoms with van der Waals surface area (Å²) in [5.74, 6) is -0.684. The predicted octanol–water partition coefficient (Wildman–Crippen LogP) is 4.84. The highest BCUT2D eigenvalue weighted by molar-refractivity contribution is 9.10. The summed E-state index contributed by atoms with van der Waals surface area (Å²) in [7, 11) is 1.28. The Morgan fingerprint density at radius 1 is 1.35 bits per heavy atom. The molecule has 8 heteroatoms. The first-order valence-electron chi connectivity index (χ1n) is 11.3. The highest BCUT2D eigenvalue weighted by Gasteiger charge is 2.35. The maximum atomic E-state index is 12.4. The molecule has 34 heavy (non-hydrogen) atoms. The Balaban J connectivity index is 1.82. The van der Waals surface area contributed by atoms with Gasteiger partial charge in [0.1, 0.15) is 0 Å². The number of halogens is 1. The number of aryl methyl sites for hydroxylation is 1. The molecule has 0 radical (unpaired) electrons. The fourth-order valence-electron chi connectivity index (χ4n) is 4.55. The average Bonchev–Trinajstić information content (AvgIpc) is 3.25. The summed E-state index contributed by atoms with van der Waals surface area (Å²) in [5, 5.41) is 15.8. The number of pyridine rings is 1. The van der Waals surface area contributed by atoms with E-state index < -0.39 is 12.1 Å². The highest BCUT2D eigenvalue weighted by Crippen LogP contribution is 2.39. The Bertz CT molecular complexity index is 1210. The van der Waals surface area contributed by atoms with Crippen LogP contribution in [0, 0.1) is 6.92 Å². The molecule has 180 valence electrons. The zero-order valence-electron chi connectivity index (χ0n) is 19.8. The second-order valence-corrected chi connectivity index (χ2v) is 9.82. The quantitative estimate of drug-likeness (QED) is 0.350. The van der Waals surface area contributed by atoms with Crippen LogP contribution in [0.15, 0.2) is 53.7 Å². The van der Waals surface area contributed by atoms with Crippen LogP contribution in [0.3, 0.4) is 0 Å². The van der Waals surface area contributed by atoms with E-state index in [1.165, 1.54) is 7.11 Å². The van der Waals surface area contributed by atoms with Crippen molar-refractivity contribution < 1.29 is 19.4 Å². The molecule has 0 aliphatic carbocycles. The Labute approximate surface area is 208 Å². The van der Waals surface area contributed by atoms with E-state index in [1.54, 1.807) is 6.08 Å². The number of ether oxygens (including phenoxy) is 2. The van der Waals surface area contributed by atoms with Gasteiger partial charge in [0.25, 0.3) is 0 Å². The van der Waals surface area contributed by atoms with Gasteiger partial charge in [0.2, 0.25) is 0 Å². The van der Waals surface area contributed by atoms with Gasteiger partial charge in [-0.05, 0) is 50.5 Å². The minimum Gasteiger partial charge on any atom is -0.467 e. The lowest BCUT2D eigenvalue weighted by Gasteiger charge is -2.41. The second-order valence-electron chi connectivity index (χ2n) is 8.91. The van der Waals surface area contributed by atoms with E-state index in [9.17, 15) is 9.90 Å². The van der Waals surface area contributed by atoms with Gasteiger partial charge in [-0.15, -0.1) is 6.58 Å². The van der Waals surface area contributed by atoms with Crippen LogP contribution in [0.25, 0.3) is 16.8 Å². The fraction of sp³-hybridized carbons (Fsp3) is 0.385. The van der Waals surface area contributed by atoms with Gasteiger partial charge >= 0.3 is 5.97 Å². The number of rotatable bonds is 7. The minimum atomic E-state index is -1.39. The molecule has 1 aromatic carbocycles. The number of anilines is 1. The van der Waals surface area contributed by atoms with E-state index in [0.29, 0.717) is 25.3 Å². The SMILES string of the molecule is C=CCOC1(C)CCN(c2c(C(O)C(=O)OC)c(C)cn3nc(-c4cccc(Br)c4)cc23)CC1. The number of aliphatic hydroxyl groups is 1. The topological polar surface area (TPSA) is 76.3 Å². The van der Waals surface area contributed by atoms with Crippen molar-refractivity contribution >= 4 is 33.1 Å². The molecule has 3 aromatic rings. The molecule has 0 spiro atoms. The van der Waals surface area contributed by atoms with Crippen molar-refractivity contribution in [3.8, 4) is 11.3 Å². The van der Waals surface area contributed by atoms with Gasteiger partial charge in [0.05, 0.1) is 36.2 Å². The molecule has 7 nitrogen and oxygen atoms in total. The van der Waals surface area contributed by atoms with E-state index in [1.807, 2.05) is 48.0 Å². The lowest BCUT2D eigenvalue weighted by molar-refractivity contribution is -0.150. The van der Waals surface area contributed by atoms with Gasteiger partial charge in [0, 0.05) is 34.9 Å². The lowest BCUT2D eigenvalue weighted by atomic mass is 9.91. The molecule has 1 fully saturated rings. The molecule has 0 amide bonds. The lowest BCUT2D eigenvalue weighted by Crippen LogP contribution is -2.45. The standard InChI is InChI=1S/C26H30BrN3O4/c1-5-13-34-26(3)9-11-29(12-10-26)23-21-15-20(18-7-6-8-19(27)14-18)28-30(21)16-17(2)22(23)24(31)25(32)33-4/h5-8,14-16,24,31H,1,9-13H2,2-4H3. The van der Waals surface area contributed by atoms with Gasteiger partial charge in [-0.25, -0.2) is 9.31 Å². The summed E-state index contributed by atoms with van der Waals surface area (Å²) >= 11 is 3.53. The molecule has 3 heterocycles. The molecule has 2 aromatic heterocycles. The number of aliphatic hydroxyl groups excluding tert-OH is 1. The Morgan fingerprint density at radius 2 is 2.09 bits per heavy atom. The van der Waals surface area contributed by atoms with Crippen molar-refractivity contribution in [2.45, 2.75) is 38.4 Å². The van der Waals surface area contributed by atoms with Crippen LogP contribution < -0.4 is 4.90 Å². The van der Waals surface area contributed by atoms with Gasteiger partial charge in [-0.1, -0.05) is 34.1 Å². The van der Waals surface area contributed by atoms with E-state index in [0.717, 1.165) is 45.3 Å². The number of fused-ring (bicyclic) bond motifs is 1. The van der Waals surface area contributed by atoms with Crippen LogP contribution >= 0.6 is 15.9 Å². The van der Waals surface area contributed by atoms with Gasteiger partial charge < -0.3 is 19.5 Å². The molecule has 4 rings (SSSR count). The molecule has 1 aliphatic heterocycles. The summed E-state index contributed by atoms with van der Waals surface area (Å²) in [6.07, 6.45) is 3.84. The first-order chi connectivity index (χ1) is 16.3. The van der Waals surface area contributed by atoms with Crippen LogP contribution in [-0.4, -0.2) is 53.1 Å². The molecule has 1 N–H and O–H groups in total. The molecule has 1 atom stereocenters. The third-order valence-electron chi connectivity index (χ3n) is 6.48. The number of hydrogen-bond donors (Lipinski definition) is 1. The van der Waals surface area contributed by atoms with Crippen LogP contribution in [0.5, 0.6) is 0 Å². The zero-order chi connectivity index (χ0) is 24.5. The van der Waals surface area contributed by atoms with Crippen LogP contribution in [0.1, 0.15) is 37.0 Å². The van der Waals surface area contributed by atoms with Crippen LogP contribution in [0.2, 0.25) is 0 Å². The Kier molecular flexibility index (Phi) is 7.12. The van der Waals surface area contributed by atoms with Crippen molar-refractivity contribution in [2.24, 2.45) is 0 Å². The number of piperidine rings is 1. The maximum Gasteiger partial charge on any atom is 0.339 e. The molecule has 0 bridgehead atoms. The number of benzene rings is 1. The number of aromatic nitrogens is 2. The third kappa shape index (κ3) is 4.76. The van der Waals surface area contributed by atoms with E-state index in [2.05, 4.69) is 34.3 Å². The molecule has 1 saturated heterocycles. The third-order valence-corrected chi connectivity index (χ3v) is 6.97. The first-order valence-corrected chi connectivity index (χ1v) is 12.1. The maximum absolute atomic E-state index is 12.4. The van der Waals surface area contributed by atoms with Crippen molar-refractivity contribution in [3.05, 3.63) is 64.8 Å². The summed E-state index contributed by atoms with van der Waals surface area (Å²) in [4.78, 5) is 14.6. The number of hydrogen-bond acceptors (Lipinski definition) is 6. The summed E-state index contributed by atoms with van der Waals surface area (Å²) in [6, 6.07) is 9.97. The van der Waals surface area contributed by atoms with E-state index in [4.69, 9.17) is 14.6 Å². The summed E-state index contributed by atoms with van der Waals surface area (Å²) in [6.45, 7) is 9.69. The largest absolute Gasteiger partial charge is 0.467 e. The van der Waals surface area contributed by atoms with Crippen molar-refractivity contribution in [1.29, 1.82) is 0 Å². The molecule has 1 unspecified atom stereocenters. The summed E-state index contributed by atoms with van der Waals surface area (Å²) < 4.78 is 13.7. The molecule has 1 aliphatic rings. The smallest absolute Gasteiger partial charge is 0.339 e. The second kappa shape index (κ2) is 9.90. The van der Waals surface area contributed by atoms with Crippen molar-refractivity contribution in [2.75, 3.05) is 31.7 Å². The molecular formula is C26H30BrN3O4. The molecule has 0 saturated carbocycles. The summed E-state index contributed by atoms with van der Waals surface area (Å²) in [5.41, 5.74) is 4.49. The van der Waals surface area contributed by atoms with Crippen molar-refractivity contribution in [1.82, 2.24) is 9.61 Å². The van der Waals surface area contributed by atoms with Crippen LogP contribution in [-0.2, 0) is 14.3 Å². The van der Waals surface area contributed by atoms with Gasteiger partial charge in [-0.3, -0.25) is 0 Å². The van der Waals surface area contributed by atoms with Gasteiger partial charge in [-0.2, -0.15) is 5.10 Å². The average molecular weight is 528 g/mol. The normalized spacial score (nSPS) is 16.4. The number of carbonyl (C=O) groups excluding carboxylic acids is 1. The Hall–Kier alpha value is -2.68. The van der Waals surface area contributed by atoms with E-state index in [-0.39, 0.29) is 5.60 Å². The van der Waals surface area contributed by atoms with Crippen molar-refractivity contribution in [3.63, 3.8) is 0 Å². The monoisotopic (exact) mass is 527 g/mol. The van der Waals surface area contributed by atoms with E-state index >= 15 is 0 Å². The van der Waals surface area contributed by atoms with Gasteiger partial charge in [0.15, 0.2) is 6.10 Å². The molecular weight excluding hydrogens is 498 g/mol. The Morgan fingerprint density at radius 3 is 2.74 bits per heavy atom. The minimum absolute atomic E-state index is 0.242. The first kappa shape index (κ1) is 24.4.